The summed E-state index contributed by atoms with van der Waals surface area (Å²) < 4.78 is 10.7. The van der Waals surface area contributed by atoms with Gasteiger partial charge in [0.2, 0.25) is 0 Å². The van der Waals surface area contributed by atoms with Gasteiger partial charge in [-0.25, -0.2) is 0 Å². The van der Waals surface area contributed by atoms with Gasteiger partial charge in [-0.1, -0.05) is 17.9 Å². The Labute approximate surface area is 152 Å². The first kappa shape index (κ1) is 21.9. The highest BCUT2D eigenvalue weighted by molar-refractivity contribution is 5.37. The van der Waals surface area contributed by atoms with Gasteiger partial charge in [0.1, 0.15) is 36.6 Å². The Morgan fingerprint density at radius 3 is 2.42 bits per heavy atom. The highest BCUT2D eigenvalue weighted by Crippen LogP contribution is 2.23. The van der Waals surface area contributed by atoms with Gasteiger partial charge in [0.15, 0.2) is 6.29 Å². The largest absolute Gasteiger partial charge is 0.394 e. The maximum absolute atomic E-state index is 9.98. The summed E-state index contributed by atoms with van der Waals surface area (Å²) in [6.07, 6.45) is -5.32. The molecule has 0 amide bonds. The number of hydrogen-bond donors (Lipinski definition) is 5. The summed E-state index contributed by atoms with van der Waals surface area (Å²) in [6, 6.07) is 0. The predicted molar refractivity (Wildman–Crippen MR) is 93.0 cm³/mol. The van der Waals surface area contributed by atoms with E-state index in [0.29, 0.717) is 0 Å². The molecule has 1 aliphatic heterocycles. The molecule has 26 heavy (non-hydrogen) atoms. The third kappa shape index (κ3) is 6.31. The highest BCUT2D eigenvalue weighted by atomic mass is 16.7. The van der Waals surface area contributed by atoms with Crippen LogP contribution in [0.5, 0.6) is 0 Å². The molecular formula is C19H22O7. The number of aliphatic hydroxyl groups is 5. The van der Waals surface area contributed by atoms with Crippen LogP contribution in [0.4, 0.5) is 0 Å². The molecule has 1 saturated heterocycles. The van der Waals surface area contributed by atoms with Crippen LogP contribution in [0, 0.1) is 35.5 Å². The summed E-state index contributed by atoms with van der Waals surface area (Å²) >= 11 is 0. The van der Waals surface area contributed by atoms with Crippen LogP contribution >= 0.6 is 0 Å². The number of aliphatic hydroxyl groups excluding tert-OH is 5. The van der Waals surface area contributed by atoms with Crippen LogP contribution in [0.3, 0.4) is 0 Å². The van der Waals surface area contributed by atoms with Gasteiger partial charge in [-0.3, -0.25) is 0 Å². The smallest absolute Gasteiger partial charge is 0.187 e. The van der Waals surface area contributed by atoms with Crippen molar-refractivity contribution in [1.82, 2.24) is 0 Å². The third-order valence-corrected chi connectivity index (χ3v) is 3.47. The Balaban J connectivity index is 2.85. The van der Waals surface area contributed by atoms with Crippen LogP contribution in [0.1, 0.15) is 6.92 Å². The van der Waals surface area contributed by atoms with Gasteiger partial charge in [-0.15, -0.1) is 6.58 Å². The monoisotopic (exact) mass is 362 g/mol. The van der Waals surface area contributed by atoms with E-state index in [1.54, 1.807) is 6.92 Å². The van der Waals surface area contributed by atoms with Crippen LogP contribution < -0.4 is 0 Å². The van der Waals surface area contributed by atoms with Gasteiger partial charge < -0.3 is 35.0 Å². The fourth-order valence-corrected chi connectivity index (χ4v) is 2.05. The van der Waals surface area contributed by atoms with E-state index in [2.05, 4.69) is 42.1 Å². The fraction of sp³-hybridized carbons (Fsp3) is 0.474. The molecule has 0 spiro atoms. The molecule has 7 atom stereocenters. The van der Waals surface area contributed by atoms with Crippen molar-refractivity contribution in [2.24, 2.45) is 0 Å². The van der Waals surface area contributed by atoms with Crippen molar-refractivity contribution >= 4 is 0 Å². The summed E-state index contributed by atoms with van der Waals surface area (Å²) in [5.41, 5.74) is 0. The first-order valence-corrected chi connectivity index (χ1v) is 7.81. The van der Waals surface area contributed by atoms with E-state index in [-0.39, 0.29) is 0 Å². The number of rotatable bonds is 6. The van der Waals surface area contributed by atoms with E-state index in [1.807, 2.05) is 0 Å². The van der Waals surface area contributed by atoms with E-state index in [9.17, 15) is 25.5 Å². The minimum Gasteiger partial charge on any atom is -0.394 e. The highest BCUT2D eigenvalue weighted by Gasteiger charge is 2.45. The van der Waals surface area contributed by atoms with Crippen molar-refractivity contribution in [3.8, 4) is 35.5 Å². The molecule has 1 aliphatic rings. The van der Waals surface area contributed by atoms with Crippen LogP contribution in [0.15, 0.2) is 24.8 Å². The number of hydrogen-bond acceptors (Lipinski definition) is 7. The summed E-state index contributed by atoms with van der Waals surface area (Å²) in [5.74, 6) is 15.3. The van der Waals surface area contributed by atoms with E-state index in [4.69, 9.17) is 9.47 Å². The molecule has 1 heterocycles. The molecule has 7 heteroatoms. The maximum Gasteiger partial charge on any atom is 0.187 e. The number of allylic oxidation sites excluding steroid dienone is 1. The van der Waals surface area contributed by atoms with Crippen LogP contribution in [-0.4, -0.2) is 75.1 Å². The Morgan fingerprint density at radius 2 is 1.81 bits per heavy atom. The number of ether oxygens (including phenoxy) is 2. The molecule has 5 N–H and O–H groups in total. The van der Waals surface area contributed by atoms with Crippen LogP contribution in [0.2, 0.25) is 0 Å². The summed E-state index contributed by atoms with van der Waals surface area (Å²) in [7, 11) is 0. The van der Waals surface area contributed by atoms with Gasteiger partial charge in [0.05, 0.1) is 6.61 Å². The lowest BCUT2D eigenvalue weighted by molar-refractivity contribution is -0.311. The van der Waals surface area contributed by atoms with Gasteiger partial charge in [0.25, 0.3) is 0 Å². The molecule has 0 aliphatic carbocycles. The molecule has 140 valence electrons. The Hall–Kier alpha value is -2.12. The quantitative estimate of drug-likeness (QED) is 0.282. The van der Waals surface area contributed by atoms with Crippen LogP contribution in [0.25, 0.3) is 0 Å². The maximum atomic E-state index is 9.98. The first-order valence-electron chi connectivity index (χ1n) is 7.81. The van der Waals surface area contributed by atoms with Crippen molar-refractivity contribution in [2.45, 2.75) is 49.8 Å². The normalized spacial score (nSPS) is 30.0. The Bertz CT molecular complexity index is 665. The van der Waals surface area contributed by atoms with Gasteiger partial charge in [0, 0.05) is 0 Å². The molecule has 1 rings (SSSR count). The van der Waals surface area contributed by atoms with E-state index in [1.165, 1.54) is 18.2 Å². The molecule has 0 bridgehead atoms. The fourth-order valence-electron chi connectivity index (χ4n) is 2.05. The van der Waals surface area contributed by atoms with Crippen molar-refractivity contribution in [2.75, 3.05) is 6.61 Å². The van der Waals surface area contributed by atoms with E-state index in [0.717, 1.165) is 0 Å². The molecule has 0 saturated carbocycles. The topological polar surface area (TPSA) is 120 Å². The predicted octanol–water partition coefficient (Wildman–Crippen LogP) is -1.70. The van der Waals surface area contributed by atoms with Crippen molar-refractivity contribution in [3.63, 3.8) is 0 Å². The molecule has 0 aromatic heterocycles. The minimum atomic E-state index is -1.58. The zero-order valence-corrected chi connectivity index (χ0v) is 14.2. The second kappa shape index (κ2) is 11.5. The van der Waals surface area contributed by atoms with Crippen molar-refractivity contribution < 1.29 is 35.0 Å². The van der Waals surface area contributed by atoms with Crippen LogP contribution in [-0.2, 0) is 9.47 Å². The Morgan fingerprint density at radius 1 is 1.12 bits per heavy atom. The molecule has 7 nitrogen and oxygen atoms in total. The third-order valence-electron chi connectivity index (χ3n) is 3.47. The molecule has 0 aromatic rings. The lowest BCUT2D eigenvalue weighted by atomic mass is 9.99. The van der Waals surface area contributed by atoms with Crippen molar-refractivity contribution in [1.29, 1.82) is 0 Å². The van der Waals surface area contributed by atoms with Gasteiger partial charge >= 0.3 is 0 Å². The summed E-state index contributed by atoms with van der Waals surface area (Å²) in [6.45, 7) is 4.53. The van der Waals surface area contributed by atoms with Gasteiger partial charge in [-0.05, 0) is 42.8 Å². The average molecular weight is 362 g/mol. The SMILES string of the molecule is C=CC(O)C(/C=C/C#CC#CC#CC)O[C@@H]1O[C@H](CO)[C@@H](O)[C@H](O)[C@H]1O. The zero-order valence-electron chi connectivity index (χ0n) is 14.2. The minimum absolute atomic E-state index is 0.583. The van der Waals surface area contributed by atoms with Gasteiger partial charge in [-0.2, -0.15) is 0 Å². The lowest BCUT2D eigenvalue weighted by Crippen LogP contribution is -2.60. The molecule has 1 fully saturated rings. The van der Waals surface area contributed by atoms with Crippen molar-refractivity contribution in [3.05, 3.63) is 24.8 Å². The van der Waals surface area contributed by atoms with E-state index < -0.39 is 49.5 Å². The molecule has 2 unspecified atom stereocenters. The molecule has 0 aromatic carbocycles. The standard InChI is InChI=1S/C19H22O7/c1-3-5-6-7-8-9-10-11-14(13(21)4-2)25-19-18(24)17(23)16(22)15(12-20)26-19/h4,10-11,13-24H,2,12H2,1H3/b11-10+/t13?,14?,15-,16-,17+,18-,19-/m1/s1. The van der Waals surface area contributed by atoms with E-state index >= 15 is 0 Å². The first-order chi connectivity index (χ1) is 12.5. The second-order valence-electron chi connectivity index (χ2n) is 5.28. The Kier molecular flexibility index (Phi) is 9.69. The summed E-state index contributed by atoms with van der Waals surface area (Å²) in [5, 5.41) is 48.7. The lowest BCUT2D eigenvalue weighted by Gasteiger charge is -2.40. The average Bonchev–Trinajstić information content (AvgIpc) is 2.65. The molecule has 0 radical (unpaired) electrons. The second-order valence-corrected chi connectivity index (χ2v) is 5.28. The summed E-state index contributed by atoms with van der Waals surface area (Å²) in [4.78, 5) is 0. The zero-order chi connectivity index (χ0) is 19.5. The molecular weight excluding hydrogens is 340 g/mol.